The van der Waals surface area contributed by atoms with Crippen LogP contribution in [0.15, 0.2) is 0 Å². The van der Waals surface area contributed by atoms with Gasteiger partial charge in [0.1, 0.15) is 11.8 Å². The molecule has 4 heteroatoms. The second kappa shape index (κ2) is 3.51. The second-order valence-corrected chi connectivity index (χ2v) is 4.67. The van der Waals surface area contributed by atoms with Crippen LogP contribution in [-0.2, 0) is 9.53 Å². The fourth-order valence-electron chi connectivity index (χ4n) is 1.84. The molecule has 1 aliphatic rings. The van der Waals surface area contributed by atoms with Crippen LogP contribution in [0.1, 0.15) is 27.7 Å². The number of rotatable bonds is 2. The summed E-state index contributed by atoms with van der Waals surface area (Å²) in [7, 11) is 1.79. The first-order valence-electron chi connectivity index (χ1n) is 4.91. The van der Waals surface area contributed by atoms with Crippen LogP contribution in [0, 0.1) is 5.92 Å². The highest BCUT2D eigenvalue weighted by atomic mass is 16.5. The molecule has 0 aromatic heterocycles. The average molecular weight is 201 g/mol. The summed E-state index contributed by atoms with van der Waals surface area (Å²) < 4.78 is 5.74. The summed E-state index contributed by atoms with van der Waals surface area (Å²) in [5.41, 5.74) is -0.488. The van der Waals surface area contributed by atoms with Gasteiger partial charge in [-0.05, 0) is 26.8 Å². The molecule has 0 aromatic carbocycles. The summed E-state index contributed by atoms with van der Waals surface area (Å²) in [6, 6.07) is -0.537. The van der Waals surface area contributed by atoms with E-state index < -0.39 is 17.7 Å². The molecule has 0 aromatic rings. The van der Waals surface area contributed by atoms with Crippen molar-refractivity contribution in [1.29, 1.82) is 0 Å². The number of carboxylic acid groups (broad SMARTS) is 1. The van der Waals surface area contributed by atoms with Gasteiger partial charge >= 0.3 is 5.97 Å². The smallest absolute Gasteiger partial charge is 0.323 e. The SMILES string of the molecule is CC(C)C1OC(C)(C)N(C)C1C(=O)O. The quantitative estimate of drug-likeness (QED) is 0.728. The maximum atomic E-state index is 11.1. The normalized spacial score (nSPS) is 32.4. The minimum Gasteiger partial charge on any atom is -0.480 e. The number of carbonyl (C=O) groups is 1. The van der Waals surface area contributed by atoms with Crippen LogP contribution in [0.2, 0.25) is 0 Å². The Hall–Kier alpha value is -0.610. The van der Waals surface area contributed by atoms with E-state index in [1.165, 1.54) is 0 Å². The van der Waals surface area contributed by atoms with Crippen molar-refractivity contribution in [2.75, 3.05) is 7.05 Å². The summed E-state index contributed by atoms with van der Waals surface area (Å²) in [4.78, 5) is 12.9. The Balaban J connectivity index is 2.94. The first kappa shape index (κ1) is 11.5. The first-order valence-corrected chi connectivity index (χ1v) is 4.91. The third kappa shape index (κ3) is 1.77. The van der Waals surface area contributed by atoms with Crippen molar-refractivity contribution in [3.63, 3.8) is 0 Å². The highest BCUT2D eigenvalue weighted by Crippen LogP contribution is 2.33. The molecule has 0 radical (unpaired) electrons. The Morgan fingerprint density at radius 2 is 2.00 bits per heavy atom. The lowest BCUT2D eigenvalue weighted by Crippen LogP contribution is -2.46. The van der Waals surface area contributed by atoms with E-state index >= 15 is 0 Å². The molecule has 1 heterocycles. The molecule has 0 amide bonds. The van der Waals surface area contributed by atoms with Crippen LogP contribution >= 0.6 is 0 Å². The number of aliphatic carboxylic acids is 1. The maximum absolute atomic E-state index is 11.1. The molecule has 0 spiro atoms. The van der Waals surface area contributed by atoms with Gasteiger partial charge in [-0.2, -0.15) is 0 Å². The second-order valence-electron chi connectivity index (χ2n) is 4.67. The summed E-state index contributed by atoms with van der Waals surface area (Å²) in [5.74, 6) is -0.600. The molecule has 2 atom stereocenters. The van der Waals surface area contributed by atoms with E-state index in [-0.39, 0.29) is 12.0 Å². The summed E-state index contributed by atoms with van der Waals surface area (Å²) >= 11 is 0. The van der Waals surface area contributed by atoms with Crippen molar-refractivity contribution in [3.05, 3.63) is 0 Å². The Kier molecular flexibility index (Phi) is 2.88. The molecule has 82 valence electrons. The molecule has 1 saturated heterocycles. The fraction of sp³-hybridized carbons (Fsp3) is 0.900. The van der Waals surface area contributed by atoms with E-state index in [1.807, 2.05) is 27.7 Å². The number of likely N-dealkylation sites (N-methyl/N-ethyl adjacent to an activating group) is 1. The predicted octanol–water partition coefficient (Wildman–Crippen LogP) is 1.16. The number of hydrogen-bond acceptors (Lipinski definition) is 3. The Bertz CT molecular complexity index is 238. The predicted molar refractivity (Wildman–Crippen MR) is 53.0 cm³/mol. The molecule has 14 heavy (non-hydrogen) atoms. The monoisotopic (exact) mass is 201 g/mol. The molecule has 1 fully saturated rings. The highest BCUT2D eigenvalue weighted by Gasteiger charge is 2.49. The van der Waals surface area contributed by atoms with Gasteiger partial charge in [0.05, 0.1) is 6.10 Å². The molecule has 4 nitrogen and oxygen atoms in total. The number of carboxylic acids is 1. The van der Waals surface area contributed by atoms with Crippen LogP contribution in [0.25, 0.3) is 0 Å². The zero-order chi connectivity index (χ0) is 11.1. The van der Waals surface area contributed by atoms with Gasteiger partial charge in [-0.1, -0.05) is 13.8 Å². The lowest BCUT2D eigenvalue weighted by molar-refractivity contribution is -0.143. The largest absolute Gasteiger partial charge is 0.480 e. The van der Waals surface area contributed by atoms with Gasteiger partial charge < -0.3 is 9.84 Å². The molecule has 0 bridgehead atoms. The number of nitrogens with zero attached hydrogens (tertiary/aromatic N) is 1. The standard InChI is InChI=1S/C10H19NO3/c1-6(2)8-7(9(12)13)11(5)10(3,4)14-8/h6-8H,1-5H3,(H,12,13). The summed E-state index contributed by atoms with van der Waals surface area (Å²) in [5, 5.41) is 9.11. The topological polar surface area (TPSA) is 49.8 Å². The fourth-order valence-corrected chi connectivity index (χ4v) is 1.84. The molecule has 2 unspecified atom stereocenters. The Morgan fingerprint density at radius 3 is 2.29 bits per heavy atom. The molecule has 1 aliphatic heterocycles. The lowest BCUT2D eigenvalue weighted by atomic mass is 10.00. The zero-order valence-corrected chi connectivity index (χ0v) is 9.44. The van der Waals surface area contributed by atoms with Crippen molar-refractivity contribution in [3.8, 4) is 0 Å². The third-order valence-electron chi connectivity index (χ3n) is 2.91. The van der Waals surface area contributed by atoms with Crippen LogP contribution in [0.3, 0.4) is 0 Å². The summed E-state index contributed by atoms with van der Waals surface area (Å²) in [6.07, 6.45) is -0.229. The van der Waals surface area contributed by atoms with Gasteiger partial charge in [0.2, 0.25) is 0 Å². The average Bonchev–Trinajstić information content (AvgIpc) is 2.23. The molecule has 1 N–H and O–H groups in total. The van der Waals surface area contributed by atoms with Crippen molar-refractivity contribution >= 4 is 5.97 Å². The van der Waals surface area contributed by atoms with E-state index in [4.69, 9.17) is 9.84 Å². The van der Waals surface area contributed by atoms with E-state index in [1.54, 1.807) is 11.9 Å². The van der Waals surface area contributed by atoms with Crippen molar-refractivity contribution in [2.45, 2.75) is 45.6 Å². The van der Waals surface area contributed by atoms with Gasteiger partial charge in [0.15, 0.2) is 0 Å². The molecule has 0 aliphatic carbocycles. The maximum Gasteiger partial charge on any atom is 0.323 e. The van der Waals surface area contributed by atoms with Crippen LogP contribution in [-0.4, -0.2) is 40.9 Å². The molecule has 1 rings (SSSR count). The van der Waals surface area contributed by atoms with Crippen LogP contribution in [0.4, 0.5) is 0 Å². The van der Waals surface area contributed by atoms with Crippen molar-refractivity contribution in [2.24, 2.45) is 5.92 Å². The van der Waals surface area contributed by atoms with Crippen molar-refractivity contribution < 1.29 is 14.6 Å². The van der Waals surface area contributed by atoms with E-state index in [9.17, 15) is 4.79 Å². The van der Waals surface area contributed by atoms with E-state index in [0.29, 0.717) is 0 Å². The lowest BCUT2D eigenvalue weighted by Gasteiger charge is -2.27. The highest BCUT2D eigenvalue weighted by molar-refractivity contribution is 5.74. The van der Waals surface area contributed by atoms with Crippen LogP contribution in [0.5, 0.6) is 0 Å². The Labute approximate surface area is 84.8 Å². The third-order valence-corrected chi connectivity index (χ3v) is 2.91. The van der Waals surface area contributed by atoms with Gasteiger partial charge in [0.25, 0.3) is 0 Å². The molecular formula is C10H19NO3. The number of ether oxygens (including phenoxy) is 1. The first-order chi connectivity index (χ1) is 6.27. The summed E-state index contributed by atoms with van der Waals surface area (Å²) in [6.45, 7) is 7.75. The van der Waals surface area contributed by atoms with E-state index in [2.05, 4.69) is 0 Å². The molecular weight excluding hydrogens is 182 g/mol. The van der Waals surface area contributed by atoms with Gasteiger partial charge in [-0.15, -0.1) is 0 Å². The van der Waals surface area contributed by atoms with Gasteiger partial charge in [-0.25, -0.2) is 0 Å². The zero-order valence-electron chi connectivity index (χ0n) is 9.44. The van der Waals surface area contributed by atoms with Crippen LogP contribution < -0.4 is 0 Å². The minimum atomic E-state index is -0.809. The van der Waals surface area contributed by atoms with Crippen molar-refractivity contribution in [1.82, 2.24) is 4.90 Å². The Morgan fingerprint density at radius 1 is 1.50 bits per heavy atom. The number of hydrogen-bond donors (Lipinski definition) is 1. The van der Waals surface area contributed by atoms with E-state index in [0.717, 1.165) is 0 Å². The molecule has 0 saturated carbocycles. The van der Waals surface area contributed by atoms with Gasteiger partial charge in [-0.3, -0.25) is 9.69 Å². The minimum absolute atomic E-state index is 0.209. The van der Waals surface area contributed by atoms with Gasteiger partial charge in [0, 0.05) is 0 Å².